The standard InChI is InChI=1S/C15H30OS/c1-2-3-4-5-6-7-11-14-17(16)15-12-9-8-10-13-15/h15H,2-14H2,1H3. The van der Waals surface area contributed by atoms with Crippen molar-refractivity contribution in [3.8, 4) is 0 Å². The molecule has 0 N–H and O–H groups in total. The Morgan fingerprint density at radius 1 is 0.882 bits per heavy atom. The van der Waals surface area contributed by atoms with Crippen molar-refractivity contribution in [2.75, 3.05) is 5.75 Å². The minimum Gasteiger partial charge on any atom is -0.259 e. The van der Waals surface area contributed by atoms with Gasteiger partial charge in [-0.15, -0.1) is 0 Å². The highest BCUT2D eigenvalue weighted by Gasteiger charge is 2.18. The van der Waals surface area contributed by atoms with Crippen LogP contribution in [0.1, 0.15) is 84.0 Å². The Balaban J connectivity index is 1.92. The second-order valence-corrected chi connectivity index (χ2v) is 7.30. The number of hydrogen-bond acceptors (Lipinski definition) is 1. The van der Waals surface area contributed by atoms with Gasteiger partial charge in [0.2, 0.25) is 0 Å². The first kappa shape index (κ1) is 15.2. The molecule has 1 atom stereocenters. The van der Waals surface area contributed by atoms with Gasteiger partial charge in [0.15, 0.2) is 0 Å². The summed E-state index contributed by atoms with van der Waals surface area (Å²) in [6.07, 6.45) is 15.8. The van der Waals surface area contributed by atoms with Gasteiger partial charge in [0.05, 0.1) is 0 Å². The van der Waals surface area contributed by atoms with Crippen molar-refractivity contribution >= 4 is 10.8 Å². The quantitative estimate of drug-likeness (QED) is 0.542. The molecule has 102 valence electrons. The lowest BCUT2D eigenvalue weighted by Crippen LogP contribution is -2.20. The van der Waals surface area contributed by atoms with Gasteiger partial charge in [-0.05, 0) is 19.3 Å². The van der Waals surface area contributed by atoms with Crippen LogP contribution in [0.15, 0.2) is 0 Å². The van der Waals surface area contributed by atoms with Crippen LogP contribution in [0, 0.1) is 0 Å². The molecule has 0 heterocycles. The highest BCUT2D eigenvalue weighted by Crippen LogP contribution is 2.22. The van der Waals surface area contributed by atoms with Crippen LogP contribution < -0.4 is 0 Å². The van der Waals surface area contributed by atoms with E-state index in [4.69, 9.17) is 0 Å². The van der Waals surface area contributed by atoms with Crippen LogP contribution in [0.25, 0.3) is 0 Å². The third kappa shape index (κ3) is 7.23. The maximum atomic E-state index is 12.0. The van der Waals surface area contributed by atoms with E-state index in [1.54, 1.807) is 0 Å². The molecule has 1 unspecified atom stereocenters. The van der Waals surface area contributed by atoms with E-state index in [9.17, 15) is 4.21 Å². The van der Waals surface area contributed by atoms with Crippen LogP contribution in [0.2, 0.25) is 0 Å². The summed E-state index contributed by atoms with van der Waals surface area (Å²) in [5.41, 5.74) is 0. The molecule has 1 nitrogen and oxygen atoms in total. The summed E-state index contributed by atoms with van der Waals surface area (Å²) >= 11 is 0. The molecule has 1 aliphatic rings. The third-order valence-electron chi connectivity index (χ3n) is 3.87. The second kappa shape index (κ2) is 10.1. The van der Waals surface area contributed by atoms with E-state index >= 15 is 0 Å². The fourth-order valence-electron chi connectivity index (χ4n) is 2.70. The first-order valence-corrected chi connectivity index (χ1v) is 9.10. The van der Waals surface area contributed by atoms with E-state index in [1.165, 1.54) is 77.0 Å². The molecule has 17 heavy (non-hydrogen) atoms. The van der Waals surface area contributed by atoms with E-state index in [0.29, 0.717) is 5.25 Å². The summed E-state index contributed by atoms with van der Waals surface area (Å²) in [6.45, 7) is 2.26. The Morgan fingerprint density at radius 3 is 2.12 bits per heavy atom. The van der Waals surface area contributed by atoms with Crippen LogP contribution in [0.4, 0.5) is 0 Å². The molecule has 0 amide bonds. The van der Waals surface area contributed by atoms with Crippen LogP contribution in [-0.2, 0) is 10.8 Å². The molecule has 0 spiro atoms. The molecule has 0 saturated heterocycles. The van der Waals surface area contributed by atoms with Gasteiger partial charge in [0.25, 0.3) is 0 Å². The fraction of sp³-hybridized carbons (Fsp3) is 1.00. The van der Waals surface area contributed by atoms with Crippen molar-refractivity contribution in [3.63, 3.8) is 0 Å². The van der Waals surface area contributed by atoms with Gasteiger partial charge >= 0.3 is 0 Å². The molecular weight excluding hydrogens is 228 g/mol. The Morgan fingerprint density at radius 2 is 1.47 bits per heavy atom. The summed E-state index contributed by atoms with van der Waals surface area (Å²) < 4.78 is 12.0. The smallest absolute Gasteiger partial charge is 0.0348 e. The third-order valence-corrected chi connectivity index (χ3v) is 5.78. The summed E-state index contributed by atoms with van der Waals surface area (Å²) in [6, 6.07) is 0. The molecule has 1 rings (SSSR count). The van der Waals surface area contributed by atoms with E-state index < -0.39 is 10.8 Å². The van der Waals surface area contributed by atoms with E-state index in [1.807, 2.05) is 0 Å². The van der Waals surface area contributed by atoms with Crippen LogP contribution >= 0.6 is 0 Å². The lowest BCUT2D eigenvalue weighted by molar-refractivity contribution is 0.503. The molecule has 0 aromatic rings. The Hall–Kier alpha value is 0.150. The van der Waals surface area contributed by atoms with Crippen molar-refractivity contribution in [2.45, 2.75) is 89.2 Å². The summed E-state index contributed by atoms with van der Waals surface area (Å²) in [5.74, 6) is 0.971. The molecule has 1 fully saturated rings. The van der Waals surface area contributed by atoms with Crippen molar-refractivity contribution in [3.05, 3.63) is 0 Å². The van der Waals surface area contributed by atoms with Gasteiger partial charge in [-0.25, -0.2) is 0 Å². The van der Waals surface area contributed by atoms with Gasteiger partial charge in [-0.2, -0.15) is 0 Å². The van der Waals surface area contributed by atoms with E-state index in [-0.39, 0.29) is 0 Å². The topological polar surface area (TPSA) is 17.1 Å². The Bertz CT molecular complexity index is 197. The normalized spacial score (nSPS) is 19.4. The molecule has 0 aliphatic heterocycles. The minimum atomic E-state index is -0.515. The summed E-state index contributed by atoms with van der Waals surface area (Å²) in [7, 11) is -0.515. The molecule has 0 bridgehead atoms. The molecular formula is C15H30OS. The molecule has 0 aromatic heterocycles. The van der Waals surface area contributed by atoms with Gasteiger partial charge in [0.1, 0.15) is 0 Å². The highest BCUT2D eigenvalue weighted by atomic mass is 32.2. The van der Waals surface area contributed by atoms with Gasteiger partial charge in [-0.3, -0.25) is 4.21 Å². The zero-order valence-corrected chi connectivity index (χ0v) is 12.4. The van der Waals surface area contributed by atoms with Gasteiger partial charge in [-0.1, -0.05) is 64.7 Å². The van der Waals surface area contributed by atoms with Crippen molar-refractivity contribution in [2.24, 2.45) is 0 Å². The largest absolute Gasteiger partial charge is 0.259 e. The predicted molar refractivity (Wildman–Crippen MR) is 77.9 cm³/mol. The van der Waals surface area contributed by atoms with E-state index in [0.717, 1.165) is 5.75 Å². The maximum absolute atomic E-state index is 12.0. The summed E-state index contributed by atoms with van der Waals surface area (Å²) in [5, 5.41) is 0.545. The average Bonchev–Trinajstić information content (AvgIpc) is 2.38. The van der Waals surface area contributed by atoms with Crippen molar-refractivity contribution < 1.29 is 4.21 Å². The average molecular weight is 258 g/mol. The van der Waals surface area contributed by atoms with Crippen LogP contribution in [0.5, 0.6) is 0 Å². The molecule has 0 radical (unpaired) electrons. The highest BCUT2D eigenvalue weighted by molar-refractivity contribution is 7.85. The van der Waals surface area contributed by atoms with Crippen molar-refractivity contribution in [1.29, 1.82) is 0 Å². The van der Waals surface area contributed by atoms with Crippen molar-refractivity contribution in [1.82, 2.24) is 0 Å². The number of hydrogen-bond donors (Lipinski definition) is 0. The Labute approximate surface area is 110 Å². The SMILES string of the molecule is CCCCCCCCCS(=O)C1CCCCC1. The molecule has 1 aliphatic carbocycles. The number of unbranched alkanes of at least 4 members (excludes halogenated alkanes) is 6. The minimum absolute atomic E-state index is 0.515. The van der Waals surface area contributed by atoms with Crippen LogP contribution in [0.3, 0.4) is 0 Å². The van der Waals surface area contributed by atoms with Gasteiger partial charge < -0.3 is 0 Å². The lowest BCUT2D eigenvalue weighted by atomic mass is 10.0. The first-order chi connectivity index (χ1) is 8.34. The lowest BCUT2D eigenvalue weighted by Gasteiger charge is -2.20. The maximum Gasteiger partial charge on any atom is 0.0348 e. The van der Waals surface area contributed by atoms with Gasteiger partial charge in [0, 0.05) is 21.8 Å². The molecule has 1 saturated carbocycles. The Kier molecular flexibility index (Phi) is 9.04. The second-order valence-electron chi connectivity index (χ2n) is 5.47. The summed E-state index contributed by atoms with van der Waals surface area (Å²) in [4.78, 5) is 0. The zero-order valence-electron chi connectivity index (χ0n) is 11.6. The zero-order chi connectivity index (χ0) is 12.3. The van der Waals surface area contributed by atoms with E-state index in [2.05, 4.69) is 6.92 Å². The monoisotopic (exact) mass is 258 g/mol. The van der Waals surface area contributed by atoms with Crippen LogP contribution in [-0.4, -0.2) is 15.2 Å². The molecule has 0 aromatic carbocycles. The number of rotatable bonds is 9. The molecule has 2 heteroatoms. The fourth-order valence-corrected chi connectivity index (χ4v) is 4.38. The first-order valence-electron chi connectivity index (χ1n) is 7.71. The predicted octanol–water partition coefficient (Wildman–Crippen LogP) is 4.82.